The van der Waals surface area contributed by atoms with Crippen LogP contribution in [0.4, 0.5) is 0 Å². The Labute approximate surface area is 181 Å². The molecule has 26 heavy (non-hydrogen) atoms. The van der Waals surface area contributed by atoms with E-state index in [-0.39, 0.29) is 22.6 Å². The molecule has 0 saturated carbocycles. The minimum absolute atomic E-state index is 0. The standard InChI is InChI=1S/C17H20INO.C5H5.Fe/c1-4-19(16(20)13-10-11-15(18)12-13)17(2,3)14-8-6-5-7-9-14;1-2-4-5-3-1;/h5-12,20H,4H2,1-3H3;1-5H;/q;-1;/b16-13+;;. The Kier molecular flexibility index (Phi) is 9.34. The fourth-order valence-corrected chi connectivity index (χ4v) is 3.36. The van der Waals surface area contributed by atoms with E-state index in [0.717, 1.165) is 15.7 Å². The SMILES string of the molecule is CCN(/C(O)=C1/C=CC(I)=C1)C(C)(C)c1ccccc1.[Fe].c1cc[cH-]c1. The first kappa shape index (κ1) is 22.7. The fraction of sp³-hybridized carbons (Fsp3) is 0.227. The van der Waals surface area contributed by atoms with Gasteiger partial charge in [-0.2, -0.15) is 18.2 Å². The van der Waals surface area contributed by atoms with Gasteiger partial charge < -0.3 is 10.0 Å². The van der Waals surface area contributed by atoms with E-state index in [1.165, 1.54) is 5.56 Å². The Hall–Kier alpha value is -1.36. The number of nitrogens with zero attached hydrogens (tertiary/aromatic N) is 1. The summed E-state index contributed by atoms with van der Waals surface area (Å²) in [5.41, 5.74) is 1.80. The predicted octanol–water partition coefficient (Wildman–Crippen LogP) is 6.30. The fourth-order valence-electron chi connectivity index (χ4n) is 2.84. The van der Waals surface area contributed by atoms with Crippen LogP contribution in [-0.4, -0.2) is 16.6 Å². The van der Waals surface area contributed by atoms with Crippen molar-refractivity contribution in [2.45, 2.75) is 26.3 Å². The van der Waals surface area contributed by atoms with Crippen LogP contribution in [-0.2, 0) is 22.6 Å². The number of allylic oxidation sites excluding steroid dienone is 5. The van der Waals surface area contributed by atoms with E-state index in [4.69, 9.17) is 0 Å². The average Bonchev–Trinajstić information content (AvgIpc) is 3.30. The predicted molar refractivity (Wildman–Crippen MR) is 115 cm³/mol. The number of aliphatic hydroxyl groups is 1. The molecule has 2 aromatic carbocycles. The van der Waals surface area contributed by atoms with E-state index in [1.807, 2.05) is 71.7 Å². The van der Waals surface area contributed by atoms with Crippen molar-refractivity contribution in [1.29, 1.82) is 0 Å². The van der Waals surface area contributed by atoms with Gasteiger partial charge in [0, 0.05) is 32.8 Å². The third-order valence-corrected chi connectivity index (χ3v) is 4.93. The molecule has 0 fully saturated rings. The number of benzene rings is 1. The number of halogens is 1. The normalized spacial score (nSPS) is 14.7. The van der Waals surface area contributed by atoms with Crippen molar-refractivity contribution in [3.8, 4) is 0 Å². The van der Waals surface area contributed by atoms with E-state index in [2.05, 4.69) is 55.5 Å². The van der Waals surface area contributed by atoms with Crippen molar-refractivity contribution < 1.29 is 22.2 Å². The first-order valence-corrected chi connectivity index (χ1v) is 9.53. The van der Waals surface area contributed by atoms with E-state index in [1.54, 1.807) is 0 Å². The average molecular weight is 502 g/mol. The minimum Gasteiger partial charge on any atom is -0.494 e. The monoisotopic (exact) mass is 502 g/mol. The van der Waals surface area contributed by atoms with E-state index < -0.39 is 0 Å². The summed E-state index contributed by atoms with van der Waals surface area (Å²) >= 11 is 2.26. The second kappa shape index (κ2) is 10.7. The van der Waals surface area contributed by atoms with Gasteiger partial charge in [-0.3, -0.25) is 0 Å². The smallest absolute Gasteiger partial charge is 0.195 e. The van der Waals surface area contributed by atoms with Gasteiger partial charge in [0.1, 0.15) is 0 Å². The van der Waals surface area contributed by atoms with Crippen molar-refractivity contribution in [3.63, 3.8) is 0 Å². The van der Waals surface area contributed by atoms with Crippen LogP contribution in [0.2, 0.25) is 0 Å². The van der Waals surface area contributed by atoms with Crippen molar-refractivity contribution >= 4 is 22.6 Å². The molecule has 4 heteroatoms. The van der Waals surface area contributed by atoms with Gasteiger partial charge in [0.25, 0.3) is 0 Å². The summed E-state index contributed by atoms with van der Waals surface area (Å²) in [6, 6.07) is 20.3. The van der Waals surface area contributed by atoms with Crippen LogP contribution in [0.15, 0.2) is 93.9 Å². The van der Waals surface area contributed by atoms with Crippen molar-refractivity contribution in [2.75, 3.05) is 6.54 Å². The molecule has 0 saturated heterocycles. The summed E-state index contributed by atoms with van der Waals surface area (Å²) in [6.07, 6.45) is 5.97. The first-order valence-electron chi connectivity index (χ1n) is 8.45. The largest absolute Gasteiger partial charge is 0.494 e. The maximum atomic E-state index is 10.6. The van der Waals surface area contributed by atoms with Crippen LogP contribution in [0.1, 0.15) is 26.3 Å². The number of hydrogen-bond donors (Lipinski definition) is 1. The molecular formula is C22H25FeINO-. The van der Waals surface area contributed by atoms with Gasteiger partial charge in [-0.05, 0) is 67.2 Å². The molecule has 2 aromatic rings. The molecule has 1 N–H and O–H groups in total. The quantitative estimate of drug-likeness (QED) is 0.230. The molecule has 0 bridgehead atoms. The third kappa shape index (κ3) is 5.83. The van der Waals surface area contributed by atoms with Crippen molar-refractivity contribution in [2.24, 2.45) is 0 Å². The molecule has 0 unspecified atom stereocenters. The number of rotatable bonds is 4. The second-order valence-electron chi connectivity index (χ2n) is 6.27. The molecule has 1 aliphatic rings. The zero-order valence-corrected chi connectivity index (χ0v) is 18.6. The summed E-state index contributed by atoms with van der Waals surface area (Å²) in [4.78, 5) is 2.04. The Morgan fingerprint density at radius 3 is 2.12 bits per heavy atom. The van der Waals surface area contributed by atoms with E-state index >= 15 is 0 Å². The Morgan fingerprint density at radius 2 is 1.69 bits per heavy atom. The summed E-state index contributed by atoms with van der Waals surface area (Å²) in [5, 5.41) is 10.6. The van der Waals surface area contributed by atoms with Crippen LogP contribution in [0.3, 0.4) is 0 Å². The van der Waals surface area contributed by atoms with Gasteiger partial charge in [-0.15, -0.1) is 0 Å². The molecule has 0 aromatic heterocycles. The van der Waals surface area contributed by atoms with Gasteiger partial charge in [-0.1, -0.05) is 30.3 Å². The minimum atomic E-state index is -0.261. The van der Waals surface area contributed by atoms with Crippen LogP contribution in [0, 0.1) is 0 Å². The van der Waals surface area contributed by atoms with Crippen LogP contribution >= 0.6 is 22.6 Å². The Balaban J connectivity index is 0.000000486. The Morgan fingerprint density at radius 1 is 1.08 bits per heavy atom. The van der Waals surface area contributed by atoms with Crippen molar-refractivity contribution in [3.05, 3.63) is 99.5 Å². The molecule has 2 nitrogen and oxygen atoms in total. The second-order valence-corrected chi connectivity index (χ2v) is 7.52. The first-order chi connectivity index (χ1) is 12.0. The topological polar surface area (TPSA) is 23.5 Å². The molecule has 1 aliphatic carbocycles. The van der Waals surface area contributed by atoms with Gasteiger partial charge in [-0.25, -0.2) is 12.1 Å². The molecule has 140 valence electrons. The van der Waals surface area contributed by atoms with Crippen molar-refractivity contribution in [1.82, 2.24) is 4.90 Å². The third-order valence-electron chi connectivity index (χ3n) is 4.26. The molecule has 0 atom stereocenters. The molecule has 0 spiro atoms. The van der Waals surface area contributed by atoms with E-state index in [9.17, 15) is 5.11 Å². The van der Waals surface area contributed by atoms with Gasteiger partial charge in [0.05, 0.1) is 5.54 Å². The van der Waals surface area contributed by atoms with Crippen LogP contribution < -0.4 is 0 Å². The summed E-state index contributed by atoms with van der Waals surface area (Å²) in [7, 11) is 0. The number of aliphatic hydroxyl groups excluding tert-OH is 1. The summed E-state index contributed by atoms with van der Waals surface area (Å²) in [6.45, 7) is 7.08. The molecule has 3 rings (SSSR count). The Bertz CT molecular complexity index is 728. The van der Waals surface area contributed by atoms with Gasteiger partial charge in [0.2, 0.25) is 0 Å². The molecule has 0 amide bonds. The van der Waals surface area contributed by atoms with Gasteiger partial charge >= 0.3 is 0 Å². The zero-order chi connectivity index (χ0) is 18.3. The van der Waals surface area contributed by atoms with Crippen LogP contribution in [0.5, 0.6) is 0 Å². The molecule has 0 aliphatic heterocycles. The van der Waals surface area contributed by atoms with E-state index in [0.29, 0.717) is 5.88 Å². The molecular weight excluding hydrogens is 477 g/mol. The summed E-state index contributed by atoms with van der Waals surface area (Å²) < 4.78 is 1.14. The molecule has 0 radical (unpaired) electrons. The summed E-state index contributed by atoms with van der Waals surface area (Å²) in [5.74, 6) is 0.337. The van der Waals surface area contributed by atoms with Crippen LogP contribution in [0.25, 0.3) is 0 Å². The van der Waals surface area contributed by atoms with Gasteiger partial charge in [0.15, 0.2) is 5.88 Å². The maximum absolute atomic E-state index is 10.6. The number of hydrogen-bond acceptors (Lipinski definition) is 2. The zero-order valence-electron chi connectivity index (χ0n) is 15.3. The molecule has 0 heterocycles. The maximum Gasteiger partial charge on any atom is 0.195 e.